The summed E-state index contributed by atoms with van der Waals surface area (Å²) in [6.45, 7) is 6.30. The number of rotatable bonds is 10. The molecule has 2 aromatic carbocycles. The number of aryl methyl sites for hydroxylation is 2. The van der Waals surface area contributed by atoms with Crippen LogP contribution in [-0.2, 0) is 14.6 Å². The van der Waals surface area contributed by atoms with Crippen molar-refractivity contribution in [3.05, 3.63) is 64.7 Å². The summed E-state index contributed by atoms with van der Waals surface area (Å²) in [5.41, 5.74) is 2.81. The number of hydrogen-bond donors (Lipinski definition) is 1. The van der Waals surface area contributed by atoms with Crippen LogP contribution in [0.1, 0.15) is 23.6 Å². The summed E-state index contributed by atoms with van der Waals surface area (Å²) >= 11 is 0.732. The third-order valence-electron chi connectivity index (χ3n) is 4.93. The number of amides is 1. The Balaban J connectivity index is 1.54. The van der Waals surface area contributed by atoms with Crippen molar-refractivity contribution in [2.24, 2.45) is 0 Å². The van der Waals surface area contributed by atoms with Crippen molar-refractivity contribution >= 4 is 38.3 Å². The highest BCUT2D eigenvalue weighted by Gasteiger charge is 2.19. The molecule has 0 saturated heterocycles. The minimum Gasteiger partial charge on any atom is -0.490 e. The topological polar surface area (TPSA) is 131 Å². The Kier molecular flexibility index (Phi) is 8.57. The molecule has 0 bridgehead atoms. The summed E-state index contributed by atoms with van der Waals surface area (Å²) < 4.78 is 34.9. The Morgan fingerprint density at radius 1 is 1.06 bits per heavy atom. The molecule has 0 aliphatic carbocycles. The summed E-state index contributed by atoms with van der Waals surface area (Å²) in [5, 5.41) is 19.0. The van der Waals surface area contributed by atoms with Gasteiger partial charge in [0.25, 0.3) is 5.91 Å². The van der Waals surface area contributed by atoms with Gasteiger partial charge in [-0.1, -0.05) is 36.5 Å². The van der Waals surface area contributed by atoms with E-state index in [0.717, 1.165) is 22.6 Å². The van der Waals surface area contributed by atoms with E-state index in [1.54, 1.807) is 24.3 Å². The second kappa shape index (κ2) is 11.6. The third kappa shape index (κ3) is 7.11. The van der Waals surface area contributed by atoms with Gasteiger partial charge in [0.05, 0.1) is 5.75 Å². The molecule has 0 radical (unpaired) electrons. The third-order valence-corrected chi connectivity index (χ3v) is 7.95. The molecule has 182 valence electrons. The van der Waals surface area contributed by atoms with Gasteiger partial charge in [0, 0.05) is 0 Å². The number of carbonyl (C=O) groups is 1. The van der Waals surface area contributed by atoms with E-state index < -0.39 is 15.7 Å². The van der Waals surface area contributed by atoms with E-state index in [1.165, 1.54) is 18.6 Å². The zero-order valence-corrected chi connectivity index (χ0v) is 21.1. The Morgan fingerprint density at radius 2 is 1.71 bits per heavy atom. The quantitative estimate of drug-likeness (QED) is 0.187. The van der Waals surface area contributed by atoms with Gasteiger partial charge >= 0.3 is 0 Å². The van der Waals surface area contributed by atoms with Crippen LogP contribution < -0.4 is 14.8 Å². The van der Waals surface area contributed by atoms with Crippen LogP contribution in [0.15, 0.2) is 52.4 Å². The van der Waals surface area contributed by atoms with Gasteiger partial charge < -0.3 is 9.47 Å². The minimum absolute atomic E-state index is 0.00469. The van der Waals surface area contributed by atoms with E-state index in [0.29, 0.717) is 24.5 Å². The summed E-state index contributed by atoms with van der Waals surface area (Å²) in [5.74, 6) is 0.564. The first-order valence-corrected chi connectivity index (χ1v) is 13.1. The predicted octanol–water partition coefficient (Wildman–Crippen LogP) is 3.95. The zero-order chi connectivity index (χ0) is 25.4. The molecule has 3 rings (SSSR count). The van der Waals surface area contributed by atoms with Crippen LogP contribution in [0, 0.1) is 25.2 Å². The van der Waals surface area contributed by atoms with Crippen LogP contribution in [0.3, 0.4) is 0 Å². The lowest BCUT2D eigenvalue weighted by Gasteiger charge is -2.10. The predicted molar refractivity (Wildman–Crippen MR) is 133 cm³/mol. The highest BCUT2D eigenvalue weighted by Crippen LogP contribution is 2.22. The molecule has 11 heteroatoms. The van der Waals surface area contributed by atoms with Crippen molar-refractivity contribution in [1.82, 2.24) is 10.2 Å². The number of nitrogens with one attached hydrogen (secondary N) is 1. The number of benzene rings is 2. The fourth-order valence-electron chi connectivity index (χ4n) is 2.77. The van der Waals surface area contributed by atoms with Crippen LogP contribution in [0.5, 0.6) is 11.5 Å². The van der Waals surface area contributed by atoms with Crippen molar-refractivity contribution in [3.63, 3.8) is 0 Å². The second-order valence-electron chi connectivity index (χ2n) is 7.41. The Labute approximate surface area is 208 Å². The number of sulfone groups is 1. The minimum atomic E-state index is -3.52. The number of nitrogens with zero attached hydrogens (tertiary/aromatic N) is 3. The molecular formula is C24H24N4O5S2. The van der Waals surface area contributed by atoms with Crippen LogP contribution in [0.25, 0.3) is 6.08 Å². The van der Waals surface area contributed by atoms with Gasteiger partial charge in [0.15, 0.2) is 0 Å². The molecule has 1 N–H and O–H groups in total. The maximum atomic E-state index is 12.4. The van der Waals surface area contributed by atoms with Gasteiger partial charge in [-0.2, -0.15) is 5.26 Å². The van der Waals surface area contributed by atoms with Gasteiger partial charge in [0.2, 0.25) is 19.3 Å². The summed E-state index contributed by atoms with van der Waals surface area (Å²) in [4.78, 5) is 12.4. The molecule has 35 heavy (non-hydrogen) atoms. The van der Waals surface area contributed by atoms with Crippen molar-refractivity contribution in [2.45, 2.75) is 25.1 Å². The normalized spacial score (nSPS) is 11.5. The van der Waals surface area contributed by atoms with E-state index in [9.17, 15) is 18.5 Å². The average Bonchev–Trinajstić information content (AvgIpc) is 3.32. The van der Waals surface area contributed by atoms with Gasteiger partial charge in [-0.3, -0.25) is 10.1 Å². The van der Waals surface area contributed by atoms with Crippen molar-refractivity contribution in [2.75, 3.05) is 24.3 Å². The molecule has 1 heterocycles. The number of hydrogen-bond acceptors (Lipinski definition) is 9. The van der Waals surface area contributed by atoms with E-state index in [2.05, 4.69) is 15.5 Å². The highest BCUT2D eigenvalue weighted by molar-refractivity contribution is 7.93. The van der Waals surface area contributed by atoms with Gasteiger partial charge in [-0.15, -0.1) is 10.2 Å². The number of nitriles is 1. The van der Waals surface area contributed by atoms with Crippen molar-refractivity contribution in [1.29, 1.82) is 5.26 Å². The molecule has 3 aromatic rings. The SMILES string of the molecule is CCS(=O)(=O)c1nnc(NC(=O)C(C#N)=Cc2ccc(OCCOc3ccc(C)c(C)c3)cc2)s1. The number of anilines is 1. The standard InChI is InChI=1S/C24H24N4O5S2/c1-4-35(30,31)24-28-27-23(34-24)26-22(29)19(15-25)14-18-6-9-20(10-7-18)32-11-12-33-21-8-5-16(2)17(3)13-21/h5-10,13-14H,4,11-12H2,1-3H3,(H,26,27,29). The zero-order valence-electron chi connectivity index (χ0n) is 19.4. The highest BCUT2D eigenvalue weighted by atomic mass is 32.2. The van der Waals surface area contributed by atoms with Crippen molar-refractivity contribution < 1.29 is 22.7 Å². The lowest BCUT2D eigenvalue weighted by Crippen LogP contribution is -2.13. The summed E-state index contributed by atoms with van der Waals surface area (Å²) in [7, 11) is -3.52. The lowest BCUT2D eigenvalue weighted by atomic mass is 10.1. The fraction of sp³-hybridized carbons (Fsp3) is 0.250. The fourth-order valence-corrected chi connectivity index (χ4v) is 4.75. The lowest BCUT2D eigenvalue weighted by molar-refractivity contribution is -0.112. The van der Waals surface area contributed by atoms with E-state index in [4.69, 9.17) is 9.47 Å². The van der Waals surface area contributed by atoms with Crippen LogP contribution in [0.4, 0.5) is 5.13 Å². The molecule has 0 saturated carbocycles. The average molecular weight is 513 g/mol. The Hall–Kier alpha value is -3.75. The number of aromatic nitrogens is 2. The molecule has 0 fully saturated rings. The Morgan fingerprint density at radius 3 is 2.34 bits per heavy atom. The van der Waals surface area contributed by atoms with E-state index in [1.807, 2.05) is 38.1 Å². The van der Waals surface area contributed by atoms with E-state index in [-0.39, 0.29) is 20.8 Å². The first kappa shape index (κ1) is 25.9. The molecular weight excluding hydrogens is 488 g/mol. The Bertz CT molecular complexity index is 1370. The van der Waals surface area contributed by atoms with Crippen LogP contribution >= 0.6 is 11.3 Å². The molecule has 0 unspecified atom stereocenters. The summed E-state index contributed by atoms with van der Waals surface area (Å²) in [6, 6.07) is 14.6. The first-order chi connectivity index (χ1) is 16.7. The molecule has 0 spiro atoms. The maximum Gasteiger partial charge on any atom is 0.268 e. The molecule has 9 nitrogen and oxygen atoms in total. The molecule has 1 aromatic heterocycles. The summed E-state index contributed by atoms with van der Waals surface area (Å²) in [6.07, 6.45) is 1.41. The van der Waals surface area contributed by atoms with Gasteiger partial charge in [-0.05, 0) is 60.9 Å². The van der Waals surface area contributed by atoms with Crippen LogP contribution in [-0.4, -0.2) is 43.5 Å². The van der Waals surface area contributed by atoms with Gasteiger partial charge in [-0.25, -0.2) is 8.42 Å². The second-order valence-corrected chi connectivity index (χ2v) is 10.8. The number of ether oxygens (including phenoxy) is 2. The molecule has 0 aliphatic heterocycles. The molecule has 1 amide bonds. The monoisotopic (exact) mass is 512 g/mol. The largest absolute Gasteiger partial charge is 0.490 e. The van der Waals surface area contributed by atoms with Crippen LogP contribution in [0.2, 0.25) is 0 Å². The first-order valence-electron chi connectivity index (χ1n) is 10.6. The van der Waals surface area contributed by atoms with Crippen molar-refractivity contribution in [3.8, 4) is 17.6 Å². The maximum absolute atomic E-state index is 12.4. The molecule has 0 atom stereocenters. The smallest absolute Gasteiger partial charge is 0.268 e. The van der Waals surface area contributed by atoms with E-state index >= 15 is 0 Å². The number of carbonyl (C=O) groups excluding carboxylic acids is 1. The molecule has 0 aliphatic rings. The van der Waals surface area contributed by atoms with Gasteiger partial charge in [0.1, 0.15) is 36.4 Å².